The summed E-state index contributed by atoms with van der Waals surface area (Å²) < 4.78 is 10.9. The van der Waals surface area contributed by atoms with Crippen molar-refractivity contribution in [3.05, 3.63) is 43.6 Å². The summed E-state index contributed by atoms with van der Waals surface area (Å²) in [5.74, 6) is 2.27. The van der Waals surface area contributed by atoms with Gasteiger partial charge in [0.15, 0.2) is 17.3 Å². The van der Waals surface area contributed by atoms with Gasteiger partial charge in [0.25, 0.3) is 0 Å². The van der Waals surface area contributed by atoms with Gasteiger partial charge in [0.05, 0.1) is 23.6 Å². The van der Waals surface area contributed by atoms with Crippen LogP contribution in [0, 0.1) is 18.3 Å². The molecule has 1 fully saturated rings. The van der Waals surface area contributed by atoms with Gasteiger partial charge in [0.1, 0.15) is 12.7 Å². The number of rotatable bonds is 9. The second-order valence-corrected chi connectivity index (χ2v) is 10.8. The summed E-state index contributed by atoms with van der Waals surface area (Å²) in [4.78, 5) is 15.3. The van der Waals surface area contributed by atoms with Crippen molar-refractivity contribution in [2.24, 2.45) is 11.3 Å². The van der Waals surface area contributed by atoms with Crippen LogP contribution in [0.2, 0.25) is 5.02 Å². The summed E-state index contributed by atoms with van der Waals surface area (Å²) in [5.41, 5.74) is 4.01. The molecule has 0 amide bonds. The second kappa shape index (κ2) is 8.39. The predicted molar refractivity (Wildman–Crippen MR) is 122 cm³/mol. The number of aliphatic hydroxyl groups is 2. The summed E-state index contributed by atoms with van der Waals surface area (Å²) in [5, 5.41) is 18.8. The second-order valence-electron chi connectivity index (χ2n) is 9.17. The lowest BCUT2D eigenvalue weighted by Crippen LogP contribution is -2.21. The first-order valence-electron chi connectivity index (χ1n) is 10.6. The minimum absolute atomic E-state index is 0.0912. The maximum atomic E-state index is 13.1. The van der Waals surface area contributed by atoms with E-state index < -0.39 is 12.7 Å². The van der Waals surface area contributed by atoms with Crippen molar-refractivity contribution in [3.63, 3.8) is 0 Å². The number of fused-ring (bicyclic) bond motifs is 3. The zero-order chi connectivity index (χ0) is 22.5. The van der Waals surface area contributed by atoms with E-state index in [1.807, 2.05) is 6.07 Å². The number of Topliss-reactive ketones (excluding diaryl/α,β-unsaturated/α-hetero) is 1. The van der Waals surface area contributed by atoms with Crippen LogP contribution in [-0.2, 0) is 12.8 Å². The van der Waals surface area contributed by atoms with Gasteiger partial charge >= 0.3 is 0 Å². The largest absolute Gasteiger partial charge is 0.493 e. The topological polar surface area (TPSA) is 76.0 Å². The third-order valence-corrected chi connectivity index (χ3v) is 8.32. The normalized spacial score (nSPS) is 21.4. The third-order valence-electron chi connectivity index (χ3n) is 6.83. The van der Waals surface area contributed by atoms with Crippen molar-refractivity contribution in [2.45, 2.75) is 52.1 Å². The van der Waals surface area contributed by atoms with Gasteiger partial charge < -0.3 is 19.7 Å². The summed E-state index contributed by atoms with van der Waals surface area (Å²) in [7, 11) is 1.51. The highest BCUT2D eigenvalue weighted by atomic mass is 35.5. The van der Waals surface area contributed by atoms with E-state index in [0.29, 0.717) is 46.6 Å². The molecule has 0 spiro atoms. The van der Waals surface area contributed by atoms with E-state index in [4.69, 9.17) is 26.2 Å². The van der Waals surface area contributed by atoms with Crippen LogP contribution in [0.4, 0.5) is 0 Å². The number of benzene rings is 1. The van der Waals surface area contributed by atoms with Crippen molar-refractivity contribution in [1.29, 1.82) is 0 Å². The number of carbonyl (C=O) groups excluding carboxylic acids is 1. The van der Waals surface area contributed by atoms with Crippen LogP contribution < -0.4 is 9.47 Å². The monoisotopic (exact) mass is 464 g/mol. The van der Waals surface area contributed by atoms with Crippen LogP contribution in [0.15, 0.2) is 12.1 Å². The van der Waals surface area contributed by atoms with Crippen molar-refractivity contribution < 1.29 is 24.5 Å². The van der Waals surface area contributed by atoms with Crippen LogP contribution >= 0.6 is 22.9 Å². The van der Waals surface area contributed by atoms with Gasteiger partial charge in [0.2, 0.25) is 0 Å². The smallest absolute Gasteiger partial charge is 0.179 e. The van der Waals surface area contributed by atoms with E-state index in [1.54, 1.807) is 17.4 Å². The van der Waals surface area contributed by atoms with E-state index in [1.165, 1.54) is 23.1 Å². The number of halogens is 1. The molecule has 168 valence electrons. The molecule has 1 aromatic heterocycles. The van der Waals surface area contributed by atoms with Gasteiger partial charge in [-0.15, -0.1) is 11.3 Å². The van der Waals surface area contributed by atoms with E-state index in [2.05, 4.69) is 20.8 Å². The lowest BCUT2D eigenvalue weighted by molar-refractivity contribution is 0.0527. The molecule has 0 aliphatic heterocycles. The fraction of sp³-hybridized carbons (Fsp3) is 0.542. The lowest BCUT2D eigenvalue weighted by Gasteiger charge is -2.15. The first-order chi connectivity index (χ1) is 14.7. The SMILES string of the molecule is COc1cc(CCC(=O)c2sc(C)c3c2C[C@@H]2[C@H]3C2(C)C)cc(Cl)c1OC[C@@H](O)CO. The molecule has 0 radical (unpaired) electrons. The number of methoxy groups -OCH3 is 1. The highest BCUT2D eigenvalue weighted by molar-refractivity contribution is 7.14. The zero-order valence-electron chi connectivity index (χ0n) is 18.3. The number of thiophene rings is 1. The summed E-state index contributed by atoms with van der Waals surface area (Å²) >= 11 is 8.02. The molecule has 31 heavy (non-hydrogen) atoms. The lowest BCUT2D eigenvalue weighted by atomic mass is 9.94. The average Bonchev–Trinajstić information content (AvgIpc) is 3.06. The number of ether oxygens (including phenoxy) is 2. The number of aryl methyl sites for hydroxylation is 2. The maximum absolute atomic E-state index is 13.1. The van der Waals surface area contributed by atoms with E-state index >= 15 is 0 Å². The van der Waals surface area contributed by atoms with Crippen molar-refractivity contribution >= 4 is 28.7 Å². The molecule has 1 heterocycles. The highest BCUT2D eigenvalue weighted by Gasteiger charge is 2.63. The number of hydrogen-bond acceptors (Lipinski definition) is 6. The van der Waals surface area contributed by atoms with E-state index in [9.17, 15) is 9.90 Å². The minimum atomic E-state index is -0.995. The molecule has 0 bridgehead atoms. The minimum Gasteiger partial charge on any atom is -0.493 e. The van der Waals surface area contributed by atoms with Crippen LogP contribution in [0.25, 0.3) is 0 Å². The maximum Gasteiger partial charge on any atom is 0.179 e. The number of aliphatic hydroxyl groups excluding tert-OH is 2. The average molecular weight is 465 g/mol. The molecule has 2 aliphatic rings. The fourth-order valence-corrected chi connectivity index (χ4v) is 6.50. The molecule has 0 saturated heterocycles. The zero-order valence-corrected chi connectivity index (χ0v) is 19.9. The van der Waals surface area contributed by atoms with Gasteiger partial charge in [0, 0.05) is 11.3 Å². The van der Waals surface area contributed by atoms with Gasteiger partial charge in [-0.3, -0.25) is 4.79 Å². The standard InChI is InChI=1S/C24H29ClO5S/c1-12-20-15(9-16-21(20)24(16,2)3)23(31-12)18(28)6-5-13-7-17(25)22(19(8-13)29-4)30-11-14(27)10-26/h7-8,14,16,21,26-27H,5-6,9-11H2,1-4H3/t14-,16+,21+/m0/s1. The molecule has 1 aromatic carbocycles. The summed E-state index contributed by atoms with van der Waals surface area (Å²) in [6, 6.07) is 3.57. The van der Waals surface area contributed by atoms with Gasteiger partial charge in [-0.2, -0.15) is 0 Å². The molecular formula is C24H29ClO5S. The Morgan fingerprint density at radius 2 is 2.13 bits per heavy atom. The molecule has 2 aliphatic carbocycles. The molecule has 5 nitrogen and oxygen atoms in total. The van der Waals surface area contributed by atoms with Crippen molar-refractivity contribution in [3.8, 4) is 11.5 Å². The Balaban J connectivity index is 1.45. The summed E-state index contributed by atoms with van der Waals surface area (Å²) in [6.07, 6.45) is 1.00. The van der Waals surface area contributed by atoms with Crippen LogP contribution in [0.5, 0.6) is 11.5 Å². The van der Waals surface area contributed by atoms with E-state index in [0.717, 1.165) is 16.9 Å². The Morgan fingerprint density at radius 3 is 2.81 bits per heavy atom. The summed E-state index contributed by atoms with van der Waals surface area (Å²) in [6.45, 7) is 6.32. The Hall–Kier alpha value is -1.60. The van der Waals surface area contributed by atoms with Crippen LogP contribution in [-0.4, -0.2) is 42.4 Å². The van der Waals surface area contributed by atoms with E-state index in [-0.39, 0.29) is 12.4 Å². The Labute approximate surface area is 192 Å². The fourth-order valence-electron chi connectivity index (χ4n) is 5.02. The van der Waals surface area contributed by atoms with Gasteiger partial charge in [-0.05, 0) is 65.8 Å². The quantitative estimate of drug-likeness (QED) is 0.532. The molecule has 7 heteroatoms. The molecule has 0 unspecified atom stereocenters. The number of hydrogen-bond donors (Lipinski definition) is 2. The highest BCUT2D eigenvalue weighted by Crippen LogP contribution is 2.71. The Kier molecular flexibility index (Phi) is 6.12. The predicted octanol–water partition coefficient (Wildman–Crippen LogP) is 4.56. The molecular weight excluding hydrogens is 436 g/mol. The Morgan fingerprint density at radius 1 is 1.39 bits per heavy atom. The number of carbonyl (C=O) groups is 1. The number of ketones is 1. The molecule has 2 aromatic rings. The Bertz CT molecular complexity index is 1010. The van der Waals surface area contributed by atoms with Crippen LogP contribution in [0.1, 0.15) is 57.4 Å². The molecule has 2 N–H and O–H groups in total. The van der Waals surface area contributed by atoms with Crippen molar-refractivity contribution in [1.82, 2.24) is 0 Å². The van der Waals surface area contributed by atoms with Crippen molar-refractivity contribution in [2.75, 3.05) is 20.3 Å². The first kappa shape index (κ1) is 22.6. The first-order valence-corrected chi connectivity index (χ1v) is 11.8. The third kappa shape index (κ3) is 3.99. The molecule has 3 atom stereocenters. The van der Waals surface area contributed by atoms with Gasteiger partial charge in [-0.25, -0.2) is 0 Å². The van der Waals surface area contributed by atoms with Gasteiger partial charge in [-0.1, -0.05) is 25.4 Å². The van der Waals surface area contributed by atoms with Crippen LogP contribution in [0.3, 0.4) is 0 Å². The molecule has 1 saturated carbocycles. The molecule has 4 rings (SSSR count).